The van der Waals surface area contributed by atoms with Crippen LogP contribution in [0, 0.1) is 17.8 Å². The average molecular weight is 522 g/mol. The second kappa shape index (κ2) is 10.7. The molecule has 38 heavy (non-hydrogen) atoms. The van der Waals surface area contributed by atoms with Crippen molar-refractivity contribution < 1.29 is 24.2 Å². The number of nitrogens with zero attached hydrogens (tertiary/aromatic N) is 3. The fourth-order valence-corrected chi connectivity index (χ4v) is 6.69. The zero-order valence-corrected chi connectivity index (χ0v) is 22.5. The summed E-state index contributed by atoms with van der Waals surface area (Å²) in [5.41, 5.74) is -0.516. The number of rotatable bonds is 8. The number of likely N-dealkylation sites (tertiary alicyclic amines) is 1. The number of fused-ring (bicyclic) bond motifs is 2. The van der Waals surface area contributed by atoms with E-state index in [-0.39, 0.29) is 30.2 Å². The van der Waals surface area contributed by atoms with E-state index in [0.29, 0.717) is 19.6 Å². The number of benzene rings is 1. The molecule has 8 nitrogen and oxygen atoms in total. The van der Waals surface area contributed by atoms with Gasteiger partial charge in [0.1, 0.15) is 11.6 Å². The Morgan fingerprint density at radius 1 is 1.03 bits per heavy atom. The SMILES string of the molecule is CCCCCN1CC=C[C@]23O[C@H]4C=CCN(c5ccccc5)C(=O)[C@H]4[C@H]2C(=O)N([C@@H](CO)C(C)C)C3C1=O. The summed E-state index contributed by atoms with van der Waals surface area (Å²) in [6.07, 6.45) is 9.88. The molecular formula is C30H39N3O5. The number of carbonyl (C=O) groups is 3. The van der Waals surface area contributed by atoms with Crippen LogP contribution in [0.25, 0.3) is 0 Å². The topological polar surface area (TPSA) is 90.4 Å². The first-order chi connectivity index (χ1) is 18.4. The number of unbranched alkanes of at least 4 members (excludes halogenated alkanes) is 2. The zero-order valence-electron chi connectivity index (χ0n) is 22.5. The van der Waals surface area contributed by atoms with Crippen molar-refractivity contribution in [2.45, 2.75) is 63.8 Å². The molecule has 5 rings (SSSR count). The summed E-state index contributed by atoms with van der Waals surface area (Å²) in [5, 5.41) is 10.4. The molecule has 4 aliphatic rings. The van der Waals surface area contributed by atoms with Gasteiger partial charge in [0.05, 0.1) is 30.6 Å². The standard InChI is InChI=1S/C30H39N3O5/c1-4-5-9-16-31-17-11-15-30-25(28(36)33(26(30)29(31)37)22(19-34)20(2)3)24-23(38-30)14-10-18-32(27(24)35)21-12-7-6-8-13-21/h6-8,10-15,20,22-26,34H,4-5,9,16-19H2,1-3H3/t22-,23-,24+,25-,26?,30-/m0/s1. The van der Waals surface area contributed by atoms with Crippen LogP contribution in [0.15, 0.2) is 54.6 Å². The molecule has 0 aliphatic carbocycles. The number of hydrogen-bond donors (Lipinski definition) is 1. The molecule has 1 aromatic rings. The van der Waals surface area contributed by atoms with E-state index >= 15 is 0 Å². The van der Waals surface area contributed by atoms with Crippen molar-refractivity contribution in [1.82, 2.24) is 9.80 Å². The van der Waals surface area contributed by atoms with E-state index in [0.717, 1.165) is 24.9 Å². The fraction of sp³-hybridized carbons (Fsp3) is 0.567. The van der Waals surface area contributed by atoms with Gasteiger partial charge in [-0.25, -0.2) is 0 Å². The minimum atomic E-state index is -1.27. The predicted octanol–water partition coefficient (Wildman–Crippen LogP) is 2.78. The Morgan fingerprint density at radius 2 is 1.79 bits per heavy atom. The number of anilines is 1. The first kappa shape index (κ1) is 26.6. The van der Waals surface area contributed by atoms with E-state index in [2.05, 4.69) is 6.92 Å². The summed E-state index contributed by atoms with van der Waals surface area (Å²) in [4.78, 5) is 47.8. The summed E-state index contributed by atoms with van der Waals surface area (Å²) in [6.45, 7) is 7.13. The molecule has 2 saturated heterocycles. The van der Waals surface area contributed by atoms with Gasteiger partial charge in [0.15, 0.2) is 0 Å². The van der Waals surface area contributed by atoms with Crippen LogP contribution in [0.1, 0.15) is 40.0 Å². The fourth-order valence-electron chi connectivity index (χ4n) is 6.69. The van der Waals surface area contributed by atoms with Crippen LogP contribution >= 0.6 is 0 Å². The Labute approximate surface area is 224 Å². The van der Waals surface area contributed by atoms with Crippen molar-refractivity contribution in [3.8, 4) is 0 Å². The molecule has 8 heteroatoms. The van der Waals surface area contributed by atoms with Crippen molar-refractivity contribution in [2.75, 3.05) is 31.1 Å². The highest BCUT2D eigenvalue weighted by atomic mass is 16.5. The summed E-state index contributed by atoms with van der Waals surface area (Å²) in [5.74, 6) is -2.37. The summed E-state index contributed by atoms with van der Waals surface area (Å²) in [6, 6.07) is 7.93. The van der Waals surface area contributed by atoms with E-state index in [9.17, 15) is 19.5 Å². The van der Waals surface area contributed by atoms with Crippen molar-refractivity contribution >= 4 is 23.4 Å². The van der Waals surface area contributed by atoms with Crippen LogP contribution in [-0.2, 0) is 19.1 Å². The number of hydrogen-bond acceptors (Lipinski definition) is 5. The molecule has 1 spiro atoms. The molecule has 1 aromatic carbocycles. The molecule has 4 aliphatic heterocycles. The van der Waals surface area contributed by atoms with Gasteiger partial charge in [-0.05, 0) is 24.5 Å². The Bertz CT molecular complexity index is 1120. The van der Waals surface area contributed by atoms with Crippen molar-refractivity contribution in [2.24, 2.45) is 17.8 Å². The zero-order chi connectivity index (χ0) is 27.0. The number of aliphatic hydroxyl groups is 1. The molecule has 4 heterocycles. The highest BCUT2D eigenvalue weighted by Crippen LogP contribution is 2.54. The molecule has 6 atom stereocenters. The number of amides is 3. The van der Waals surface area contributed by atoms with Crippen molar-refractivity contribution in [1.29, 1.82) is 0 Å². The molecule has 204 valence electrons. The number of aliphatic hydroxyl groups excluding tert-OH is 1. The maximum Gasteiger partial charge on any atom is 0.249 e. The summed E-state index contributed by atoms with van der Waals surface area (Å²) < 4.78 is 6.70. The summed E-state index contributed by atoms with van der Waals surface area (Å²) in [7, 11) is 0. The van der Waals surface area contributed by atoms with Crippen LogP contribution in [0.2, 0.25) is 0 Å². The van der Waals surface area contributed by atoms with Gasteiger partial charge in [0.2, 0.25) is 17.7 Å². The molecule has 0 aromatic heterocycles. The first-order valence-electron chi connectivity index (χ1n) is 14.0. The van der Waals surface area contributed by atoms with Crippen LogP contribution in [0.3, 0.4) is 0 Å². The third-order valence-electron chi connectivity index (χ3n) is 8.59. The number of para-hydroxylation sites is 1. The van der Waals surface area contributed by atoms with E-state index in [4.69, 9.17) is 4.74 Å². The smallest absolute Gasteiger partial charge is 0.249 e. The second-order valence-electron chi connectivity index (χ2n) is 11.2. The van der Waals surface area contributed by atoms with Gasteiger partial charge in [-0.2, -0.15) is 0 Å². The van der Waals surface area contributed by atoms with E-state index in [1.54, 1.807) is 14.7 Å². The third kappa shape index (κ3) is 4.18. The van der Waals surface area contributed by atoms with Gasteiger partial charge in [-0.15, -0.1) is 0 Å². The molecule has 2 fully saturated rings. The molecule has 0 bridgehead atoms. The minimum absolute atomic E-state index is 0.0882. The van der Waals surface area contributed by atoms with Crippen LogP contribution in [0.5, 0.6) is 0 Å². The quantitative estimate of drug-likeness (QED) is 0.420. The van der Waals surface area contributed by atoms with Gasteiger partial charge < -0.3 is 24.5 Å². The predicted molar refractivity (Wildman–Crippen MR) is 144 cm³/mol. The normalized spacial score (nSPS) is 31.4. The van der Waals surface area contributed by atoms with Crippen LogP contribution in [-0.4, -0.2) is 82.7 Å². The largest absolute Gasteiger partial charge is 0.394 e. The molecule has 0 radical (unpaired) electrons. The monoisotopic (exact) mass is 521 g/mol. The van der Waals surface area contributed by atoms with Crippen LogP contribution in [0.4, 0.5) is 5.69 Å². The Balaban J connectivity index is 1.59. The second-order valence-corrected chi connectivity index (χ2v) is 11.2. The Kier molecular flexibility index (Phi) is 7.47. The van der Waals surface area contributed by atoms with Gasteiger partial charge >= 0.3 is 0 Å². The van der Waals surface area contributed by atoms with Gasteiger partial charge in [0.25, 0.3) is 0 Å². The molecular weight excluding hydrogens is 482 g/mol. The van der Waals surface area contributed by atoms with Gasteiger partial charge in [-0.3, -0.25) is 14.4 Å². The first-order valence-corrected chi connectivity index (χ1v) is 14.0. The summed E-state index contributed by atoms with van der Waals surface area (Å²) >= 11 is 0. The average Bonchev–Trinajstić information content (AvgIpc) is 3.22. The molecule has 3 amide bonds. The molecule has 0 saturated carbocycles. The maximum atomic E-state index is 14.4. The van der Waals surface area contributed by atoms with E-state index in [1.165, 1.54) is 0 Å². The Morgan fingerprint density at radius 3 is 2.47 bits per heavy atom. The van der Waals surface area contributed by atoms with E-state index < -0.39 is 35.6 Å². The highest BCUT2D eigenvalue weighted by molar-refractivity contribution is 6.04. The maximum absolute atomic E-state index is 14.4. The lowest BCUT2D eigenvalue weighted by molar-refractivity contribution is -0.151. The van der Waals surface area contributed by atoms with E-state index in [1.807, 2.05) is 68.5 Å². The lowest BCUT2D eigenvalue weighted by atomic mass is 9.77. The molecule has 1 N–H and O–H groups in total. The van der Waals surface area contributed by atoms with Crippen molar-refractivity contribution in [3.05, 3.63) is 54.6 Å². The lowest BCUT2D eigenvalue weighted by Crippen LogP contribution is -2.59. The van der Waals surface area contributed by atoms with Crippen molar-refractivity contribution in [3.63, 3.8) is 0 Å². The third-order valence-corrected chi connectivity index (χ3v) is 8.59. The molecule has 1 unspecified atom stereocenters. The number of ether oxygens (including phenoxy) is 1. The van der Waals surface area contributed by atoms with Gasteiger partial charge in [-0.1, -0.05) is 76.1 Å². The van der Waals surface area contributed by atoms with Crippen LogP contribution < -0.4 is 4.90 Å². The lowest BCUT2D eigenvalue weighted by Gasteiger charge is -2.39. The minimum Gasteiger partial charge on any atom is -0.394 e. The highest BCUT2D eigenvalue weighted by Gasteiger charge is 2.72. The number of carbonyl (C=O) groups excluding carboxylic acids is 3. The van der Waals surface area contributed by atoms with Gasteiger partial charge in [0, 0.05) is 25.3 Å². The Hall–Kier alpha value is -2.97.